The van der Waals surface area contributed by atoms with Crippen molar-refractivity contribution in [2.75, 3.05) is 46.5 Å². The maximum Gasteiger partial charge on any atom is 0.224 e. The standard InChI is InChI=1S/C23H36N2O3/c1-27-22-9-8-20-7-6-19(17-21(20)18-22)5-4-12-24-11-2-3-13-25-14-16-28-15-10-23(25)26/h8-9,18-19,24H,2-7,10-17H2,1H3. The van der Waals surface area contributed by atoms with Crippen LogP contribution in [0.4, 0.5) is 0 Å². The van der Waals surface area contributed by atoms with Gasteiger partial charge in [0.2, 0.25) is 5.91 Å². The summed E-state index contributed by atoms with van der Waals surface area (Å²) in [6.07, 6.45) is 8.99. The monoisotopic (exact) mass is 388 g/mol. The average molecular weight is 389 g/mol. The van der Waals surface area contributed by atoms with E-state index in [0.29, 0.717) is 19.6 Å². The Morgan fingerprint density at radius 1 is 1.14 bits per heavy atom. The number of hydrogen-bond acceptors (Lipinski definition) is 4. The lowest BCUT2D eigenvalue weighted by molar-refractivity contribution is -0.130. The summed E-state index contributed by atoms with van der Waals surface area (Å²) < 4.78 is 10.7. The van der Waals surface area contributed by atoms with Crippen molar-refractivity contribution in [3.05, 3.63) is 29.3 Å². The van der Waals surface area contributed by atoms with Crippen LogP contribution in [0.2, 0.25) is 0 Å². The second-order valence-corrected chi connectivity index (χ2v) is 8.09. The van der Waals surface area contributed by atoms with E-state index in [1.54, 1.807) is 7.11 Å². The van der Waals surface area contributed by atoms with Gasteiger partial charge < -0.3 is 19.7 Å². The lowest BCUT2D eigenvalue weighted by atomic mass is 9.81. The summed E-state index contributed by atoms with van der Waals surface area (Å²) in [6.45, 7) is 5.03. The first-order valence-electron chi connectivity index (χ1n) is 11.0. The topological polar surface area (TPSA) is 50.8 Å². The third kappa shape index (κ3) is 6.49. The summed E-state index contributed by atoms with van der Waals surface area (Å²) in [4.78, 5) is 13.9. The largest absolute Gasteiger partial charge is 0.497 e. The van der Waals surface area contributed by atoms with Crippen molar-refractivity contribution < 1.29 is 14.3 Å². The van der Waals surface area contributed by atoms with Gasteiger partial charge >= 0.3 is 0 Å². The summed E-state index contributed by atoms with van der Waals surface area (Å²) in [7, 11) is 1.74. The van der Waals surface area contributed by atoms with Gasteiger partial charge in [0.05, 0.1) is 26.7 Å². The smallest absolute Gasteiger partial charge is 0.224 e. The highest BCUT2D eigenvalue weighted by Crippen LogP contribution is 2.30. The van der Waals surface area contributed by atoms with Gasteiger partial charge in [-0.05, 0) is 87.2 Å². The Balaban J connectivity index is 1.23. The van der Waals surface area contributed by atoms with Crippen LogP contribution in [-0.2, 0) is 22.4 Å². The molecule has 28 heavy (non-hydrogen) atoms. The third-order valence-electron chi connectivity index (χ3n) is 6.06. The molecule has 0 saturated carbocycles. The summed E-state index contributed by atoms with van der Waals surface area (Å²) in [5, 5.41) is 3.58. The number of ether oxygens (including phenoxy) is 2. The van der Waals surface area contributed by atoms with Gasteiger partial charge in [-0.1, -0.05) is 6.07 Å². The van der Waals surface area contributed by atoms with E-state index in [4.69, 9.17) is 9.47 Å². The molecule has 0 bridgehead atoms. The third-order valence-corrected chi connectivity index (χ3v) is 6.06. The molecule has 156 valence electrons. The van der Waals surface area contributed by atoms with E-state index in [9.17, 15) is 4.79 Å². The molecule has 1 fully saturated rings. The number of aryl methyl sites for hydroxylation is 1. The average Bonchev–Trinajstić information content (AvgIpc) is 2.93. The zero-order valence-electron chi connectivity index (χ0n) is 17.4. The van der Waals surface area contributed by atoms with Crippen LogP contribution in [0.15, 0.2) is 18.2 Å². The molecule has 0 aromatic heterocycles. The number of rotatable bonds is 10. The quantitative estimate of drug-likeness (QED) is 0.626. The zero-order valence-corrected chi connectivity index (χ0v) is 17.4. The van der Waals surface area contributed by atoms with Gasteiger partial charge in [0.1, 0.15) is 5.75 Å². The van der Waals surface area contributed by atoms with Crippen LogP contribution in [0.1, 0.15) is 49.7 Å². The molecule has 1 heterocycles. The molecular weight excluding hydrogens is 352 g/mol. The van der Waals surface area contributed by atoms with Crippen LogP contribution < -0.4 is 10.1 Å². The predicted octanol–water partition coefficient (Wildman–Crippen LogP) is 3.20. The van der Waals surface area contributed by atoms with Gasteiger partial charge in [0.15, 0.2) is 0 Å². The van der Waals surface area contributed by atoms with Gasteiger partial charge in [-0.15, -0.1) is 0 Å². The molecule has 1 N–H and O–H groups in total. The molecule has 2 aliphatic rings. The molecule has 1 aromatic rings. The molecule has 5 heteroatoms. The Kier molecular flexibility index (Phi) is 8.62. The maximum atomic E-state index is 11.9. The molecule has 3 rings (SSSR count). The minimum atomic E-state index is 0.247. The molecule has 0 spiro atoms. The Labute approximate surface area is 169 Å². The van der Waals surface area contributed by atoms with Crippen LogP contribution >= 0.6 is 0 Å². The molecule has 1 aromatic carbocycles. The zero-order chi connectivity index (χ0) is 19.6. The van der Waals surface area contributed by atoms with Gasteiger partial charge in [0.25, 0.3) is 0 Å². The lowest BCUT2D eigenvalue weighted by Crippen LogP contribution is -2.33. The number of carbonyl (C=O) groups excluding carboxylic acids is 1. The first-order chi connectivity index (χ1) is 13.8. The molecular formula is C23H36N2O3. The molecule has 1 amide bonds. The van der Waals surface area contributed by atoms with Crippen LogP contribution in [-0.4, -0.2) is 57.3 Å². The number of amides is 1. The highest BCUT2D eigenvalue weighted by atomic mass is 16.5. The minimum Gasteiger partial charge on any atom is -0.497 e. The van der Waals surface area contributed by atoms with E-state index in [2.05, 4.69) is 23.5 Å². The molecule has 0 radical (unpaired) electrons. The molecule has 1 saturated heterocycles. The molecule has 1 aliphatic heterocycles. The number of unbranched alkanes of at least 4 members (excludes halogenated alkanes) is 1. The minimum absolute atomic E-state index is 0.247. The number of carbonyl (C=O) groups is 1. The highest BCUT2D eigenvalue weighted by Gasteiger charge is 2.19. The number of fused-ring (bicyclic) bond motifs is 1. The van der Waals surface area contributed by atoms with E-state index >= 15 is 0 Å². The number of nitrogens with one attached hydrogen (secondary N) is 1. The number of benzene rings is 1. The normalized spacial score (nSPS) is 20.0. The molecule has 1 atom stereocenters. The SMILES string of the molecule is COc1ccc2c(c1)CC(CCCNCCCCN1CCOCCC1=O)CC2. The van der Waals surface area contributed by atoms with Gasteiger partial charge in [-0.3, -0.25) is 4.79 Å². The van der Waals surface area contributed by atoms with E-state index < -0.39 is 0 Å². The van der Waals surface area contributed by atoms with E-state index in [1.807, 2.05) is 4.90 Å². The van der Waals surface area contributed by atoms with Crippen LogP contribution in [0.25, 0.3) is 0 Å². The van der Waals surface area contributed by atoms with Gasteiger partial charge in [0, 0.05) is 13.1 Å². The molecule has 1 aliphatic carbocycles. The Bertz CT molecular complexity index is 620. The van der Waals surface area contributed by atoms with Crippen molar-refractivity contribution in [2.24, 2.45) is 5.92 Å². The summed E-state index contributed by atoms with van der Waals surface area (Å²) in [5.74, 6) is 2.03. The summed E-state index contributed by atoms with van der Waals surface area (Å²) >= 11 is 0. The fourth-order valence-electron chi connectivity index (χ4n) is 4.33. The van der Waals surface area contributed by atoms with Crippen LogP contribution in [0.5, 0.6) is 5.75 Å². The second kappa shape index (κ2) is 11.4. The first kappa shape index (κ1) is 21.1. The van der Waals surface area contributed by atoms with E-state index in [0.717, 1.165) is 50.7 Å². The van der Waals surface area contributed by atoms with Crippen molar-refractivity contribution >= 4 is 5.91 Å². The fraction of sp³-hybridized carbons (Fsp3) is 0.696. The van der Waals surface area contributed by atoms with Crippen molar-refractivity contribution in [1.82, 2.24) is 10.2 Å². The molecule has 5 nitrogen and oxygen atoms in total. The number of nitrogens with zero attached hydrogens (tertiary/aromatic N) is 1. The summed E-state index contributed by atoms with van der Waals surface area (Å²) in [5.41, 5.74) is 2.99. The highest BCUT2D eigenvalue weighted by molar-refractivity contribution is 5.76. The van der Waals surface area contributed by atoms with E-state index in [-0.39, 0.29) is 5.91 Å². The van der Waals surface area contributed by atoms with Crippen molar-refractivity contribution in [3.8, 4) is 5.75 Å². The Hall–Kier alpha value is -1.59. The fourth-order valence-corrected chi connectivity index (χ4v) is 4.33. The molecule has 1 unspecified atom stereocenters. The van der Waals surface area contributed by atoms with E-state index in [1.165, 1.54) is 43.2 Å². The van der Waals surface area contributed by atoms with Crippen molar-refractivity contribution in [3.63, 3.8) is 0 Å². The first-order valence-corrected chi connectivity index (χ1v) is 11.0. The predicted molar refractivity (Wildman–Crippen MR) is 112 cm³/mol. The Morgan fingerprint density at radius 3 is 2.93 bits per heavy atom. The van der Waals surface area contributed by atoms with Crippen molar-refractivity contribution in [2.45, 2.75) is 51.4 Å². The lowest BCUT2D eigenvalue weighted by Gasteiger charge is -2.25. The van der Waals surface area contributed by atoms with Crippen molar-refractivity contribution in [1.29, 1.82) is 0 Å². The van der Waals surface area contributed by atoms with Crippen LogP contribution in [0, 0.1) is 5.92 Å². The van der Waals surface area contributed by atoms with Gasteiger partial charge in [-0.25, -0.2) is 0 Å². The van der Waals surface area contributed by atoms with Crippen LogP contribution in [0.3, 0.4) is 0 Å². The number of methoxy groups -OCH3 is 1. The van der Waals surface area contributed by atoms with Gasteiger partial charge in [-0.2, -0.15) is 0 Å². The summed E-state index contributed by atoms with van der Waals surface area (Å²) in [6, 6.07) is 6.54. The maximum absolute atomic E-state index is 11.9. The second-order valence-electron chi connectivity index (χ2n) is 8.09. The Morgan fingerprint density at radius 2 is 2.04 bits per heavy atom. The number of hydrogen-bond donors (Lipinski definition) is 1.